The number of rotatable bonds is 3. The quantitative estimate of drug-likeness (QED) is 0.647. The van der Waals surface area contributed by atoms with Gasteiger partial charge >= 0.3 is 0 Å². The van der Waals surface area contributed by atoms with E-state index < -0.39 is 0 Å². The molecule has 1 aliphatic heterocycles. The van der Waals surface area contributed by atoms with Crippen LogP contribution in [0.15, 0.2) is 36.4 Å². The van der Waals surface area contributed by atoms with Crippen molar-refractivity contribution in [3.63, 3.8) is 0 Å². The summed E-state index contributed by atoms with van der Waals surface area (Å²) in [6, 6.07) is 11.2. The second kappa shape index (κ2) is 7.53. The SMILES string of the molecule is COc1c2ccc(C(=O)N3CCN(c4ccc(Cl)c(Cl)c4)CC3)cc2nn1C. The molecule has 0 radical (unpaired) electrons. The Bertz CT molecular complexity index is 1040. The first kappa shape index (κ1) is 18.9. The second-order valence-electron chi connectivity index (χ2n) is 6.74. The maximum atomic E-state index is 12.9. The minimum absolute atomic E-state index is 0.0142. The smallest absolute Gasteiger partial charge is 0.254 e. The Labute approximate surface area is 173 Å². The topological polar surface area (TPSA) is 50.6 Å². The van der Waals surface area contributed by atoms with Gasteiger partial charge in [0.05, 0.1) is 28.1 Å². The molecule has 4 rings (SSSR count). The van der Waals surface area contributed by atoms with Crippen LogP contribution < -0.4 is 9.64 Å². The highest BCUT2D eigenvalue weighted by Crippen LogP contribution is 2.28. The van der Waals surface area contributed by atoms with E-state index in [0.717, 1.165) is 29.7 Å². The number of aromatic nitrogens is 2. The number of benzene rings is 2. The van der Waals surface area contributed by atoms with Crippen LogP contribution in [0.2, 0.25) is 10.0 Å². The standard InChI is InChI=1S/C20H20Cl2N4O2/c1-24-20(28-2)15-5-3-13(11-18(15)23-24)19(27)26-9-7-25(8-10-26)14-4-6-16(21)17(22)12-14/h3-6,11-12H,7-10H2,1-2H3. The van der Waals surface area contributed by atoms with Crippen molar-refractivity contribution in [1.29, 1.82) is 0 Å². The van der Waals surface area contributed by atoms with Gasteiger partial charge in [-0.05, 0) is 36.4 Å². The fraction of sp³-hybridized carbons (Fsp3) is 0.300. The van der Waals surface area contributed by atoms with Gasteiger partial charge in [0.1, 0.15) is 0 Å². The Kier molecular flexibility index (Phi) is 5.08. The highest BCUT2D eigenvalue weighted by atomic mass is 35.5. The molecular weight excluding hydrogens is 399 g/mol. The molecule has 2 aromatic carbocycles. The minimum atomic E-state index is 0.0142. The van der Waals surface area contributed by atoms with E-state index in [2.05, 4.69) is 10.00 Å². The monoisotopic (exact) mass is 418 g/mol. The third-order valence-corrected chi connectivity index (χ3v) is 5.79. The summed E-state index contributed by atoms with van der Waals surface area (Å²) in [5.41, 5.74) is 2.40. The first-order chi connectivity index (χ1) is 13.5. The van der Waals surface area contributed by atoms with Crippen LogP contribution in [-0.4, -0.2) is 53.9 Å². The summed E-state index contributed by atoms with van der Waals surface area (Å²) >= 11 is 12.1. The molecule has 6 nitrogen and oxygen atoms in total. The molecule has 1 aromatic heterocycles. The van der Waals surface area contributed by atoms with Crippen LogP contribution in [0.5, 0.6) is 5.88 Å². The average Bonchev–Trinajstić information content (AvgIpc) is 3.03. The third kappa shape index (κ3) is 3.38. The van der Waals surface area contributed by atoms with Gasteiger partial charge in [0.2, 0.25) is 5.88 Å². The molecule has 0 aliphatic carbocycles. The van der Waals surface area contributed by atoms with Gasteiger partial charge in [-0.3, -0.25) is 4.79 Å². The summed E-state index contributed by atoms with van der Waals surface area (Å²) in [4.78, 5) is 17.0. The number of hydrogen-bond donors (Lipinski definition) is 0. The van der Waals surface area contributed by atoms with Crippen LogP contribution in [0.1, 0.15) is 10.4 Å². The predicted molar refractivity (Wildman–Crippen MR) is 112 cm³/mol. The van der Waals surface area contributed by atoms with Crippen LogP contribution in [-0.2, 0) is 7.05 Å². The van der Waals surface area contributed by atoms with Crippen molar-refractivity contribution in [3.05, 3.63) is 52.0 Å². The fourth-order valence-corrected chi connectivity index (χ4v) is 3.88. The number of nitrogens with zero attached hydrogens (tertiary/aromatic N) is 4. The largest absolute Gasteiger partial charge is 0.481 e. The van der Waals surface area contributed by atoms with Crippen molar-refractivity contribution >= 4 is 45.7 Å². The molecule has 1 amide bonds. The predicted octanol–water partition coefficient (Wildman–Crippen LogP) is 3.85. The van der Waals surface area contributed by atoms with E-state index in [-0.39, 0.29) is 5.91 Å². The van der Waals surface area contributed by atoms with Crippen molar-refractivity contribution in [2.75, 3.05) is 38.2 Å². The average molecular weight is 419 g/mol. The molecule has 1 saturated heterocycles. The number of piperazine rings is 1. The van der Waals surface area contributed by atoms with Gasteiger partial charge in [-0.1, -0.05) is 23.2 Å². The minimum Gasteiger partial charge on any atom is -0.481 e. The molecule has 146 valence electrons. The van der Waals surface area contributed by atoms with E-state index in [0.29, 0.717) is 34.6 Å². The zero-order valence-corrected chi connectivity index (χ0v) is 17.2. The number of anilines is 1. The van der Waals surface area contributed by atoms with Crippen molar-refractivity contribution in [3.8, 4) is 5.88 Å². The van der Waals surface area contributed by atoms with Gasteiger partial charge in [0.15, 0.2) is 0 Å². The molecular formula is C20H20Cl2N4O2. The summed E-state index contributed by atoms with van der Waals surface area (Å²) in [6.07, 6.45) is 0. The van der Waals surface area contributed by atoms with Crippen LogP contribution in [0.25, 0.3) is 10.9 Å². The third-order valence-electron chi connectivity index (χ3n) is 5.06. The second-order valence-corrected chi connectivity index (χ2v) is 7.56. The van der Waals surface area contributed by atoms with E-state index in [1.807, 2.05) is 42.3 Å². The van der Waals surface area contributed by atoms with Crippen molar-refractivity contribution < 1.29 is 9.53 Å². The Morgan fingerprint density at radius 1 is 1.04 bits per heavy atom. The van der Waals surface area contributed by atoms with Crippen LogP contribution in [0, 0.1) is 0 Å². The summed E-state index contributed by atoms with van der Waals surface area (Å²) in [7, 11) is 3.44. The summed E-state index contributed by atoms with van der Waals surface area (Å²) in [5, 5.41) is 6.40. The van der Waals surface area contributed by atoms with Crippen LogP contribution >= 0.6 is 23.2 Å². The molecule has 1 fully saturated rings. The summed E-state index contributed by atoms with van der Waals surface area (Å²) in [5.74, 6) is 0.699. The number of carbonyl (C=O) groups excluding carboxylic acids is 1. The molecule has 28 heavy (non-hydrogen) atoms. The Hall–Kier alpha value is -2.44. The Morgan fingerprint density at radius 3 is 2.46 bits per heavy atom. The number of halogens is 2. The normalized spacial score (nSPS) is 14.6. The van der Waals surface area contributed by atoms with Crippen molar-refractivity contribution in [2.24, 2.45) is 7.05 Å². The lowest BCUT2D eigenvalue weighted by Crippen LogP contribution is -2.48. The number of fused-ring (bicyclic) bond motifs is 1. The number of aryl methyl sites for hydroxylation is 1. The number of amides is 1. The molecule has 0 bridgehead atoms. The van der Waals surface area contributed by atoms with E-state index >= 15 is 0 Å². The lowest BCUT2D eigenvalue weighted by atomic mass is 10.1. The molecule has 8 heteroatoms. The Morgan fingerprint density at radius 2 is 1.79 bits per heavy atom. The lowest BCUT2D eigenvalue weighted by molar-refractivity contribution is 0.0747. The fourth-order valence-electron chi connectivity index (χ4n) is 3.58. The molecule has 0 unspecified atom stereocenters. The maximum Gasteiger partial charge on any atom is 0.254 e. The summed E-state index contributed by atoms with van der Waals surface area (Å²) < 4.78 is 7.04. The number of carbonyl (C=O) groups is 1. The molecule has 0 spiro atoms. The Balaban J connectivity index is 1.48. The van der Waals surface area contributed by atoms with E-state index in [4.69, 9.17) is 27.9 Å². The first-order valence-corrected chi connectivity index (χ1v) is 9.73. The first-order valence-electron chi connectivity index (χ1n) is 8.98. The maximum absolute atomic E-state index is 12.9. The molecule has 1 aliphatic rings. The van der Waals surface area contributed by atoms with Gasteiger partial charge in [0, 0.05) is 44.5 Å². The zero-order valence-electron chi connectivity index (χ0n) is 15.7. The van der Waals surface area contributed by atoms with Crippen LogP contribution in [0.3, 0.4) is 0 Å². The highest BCUT2D eigenvalue weighted by molar-refractivity contribution is 6.42. The molecule has 0 saturated carbocycles. The molecule has 0 N–H and O–H groups in total. The van der Waals surface area contributed by atoms with Gasteiger partial charge in [0.25, 0.3) is 5.91 Å². The van der Waals surface area contributed by atoms with Gasteiger partial charge in [-0.2, -0.15) is 5.10 Å². The zero-order chi connectivity index (χ0) is 19.8. The van der Waals surface area contributed by atoms with Gasteiger partial charge in [-0.25, -0.2) is 4.68 Å². The highest BCUT2D eigenvalue weighted by Gasteiger charge is 2.23. The molecule has 0 atom stereocenters. The molecule has 3 aromatic rings. The van der Waals surface area contributed by atoms with E-state index in [1.165, 1.54) is 0 Å². The molecule has 2 heterocycles. The lowest BCUT2D eigenvalue weighted by Gasteiger charge is -2.36. The van der Waals surface area contributed by atoms with Crippen molar-refractivity contribution in [2.45, 2.75) is 0 Å². The number of ether oxygens (including phenoxy) is 1. The number of hydrogen-bond acceptors (Lipinski definition) is 4. The summed E-state index contributed by atoms with van der Waals surface area (Å²) in [6.45, 7) is 2.76. The van der Waals surface area contributed by atoms with Gasteiger partial charge < -0.3 is 14.5 Å². The van der Waals surface area contributed by atoms with Gasteiger partial charge in [-0.15, -0.1) is 0 Å². The van der Waals surface area contributed by atoms with E-state index in [9.17, 15) is 4.79 Å². The number of methoxy groups -OCH3 is 1. The van der Waals surface area contributed by atoms with Crippen LogP contribution in [0.4, 0.5) is 5.69 Å². The van der Waals surface area contributed by atoms with Crippen molar-refractivity contribution in [1.82, 2.24) is 14.7 Å². The van der Waals surface area contributed by atoms with E-state index in [1.54, 1.807) is 17.9 Å².